The second-order valence-electron chi connectivity index (χ2n) is 3.95. The first-order valence-corrected chi connectivity index (χ1v) is 4.54. The van der Waals surface area contributed by atoms with Gasteiger partial charge in [0.1, 0.15) is 0 Å². The number of rotatable bonds is 4. The zero-order valence-electron chi connectivity index (χ0n) is 8.87. The average molecular weight is 188 g/mol. The summed E-state index contributed by atoms with van der Waals surface area (Å²) in [6.07, 6.45) is 0. The second kappa shape index (κ2) is 4.58. The van der Waals surface area contributed by atoms with Crippen molar-refractivity contribution in [2.45, 2.75) is 39.3 Å². The fourth-order valence-electron chi connectivity index (χ4n) is 1.10. The van der Waals surface area contributed by atoms with Crippen LogP contribution < -0.4 is 5.73 Å². The van der Waals surface area contributed by atoms with Crippen molar-refractivity contribution in [2.75, 3.05) is 13.1 Å². The topological polar surface area (TPSA) is 66.6 Å². The Morgan fingerprint density at radius 3 is 2.31 bits per heavy atom. The van der Waals surface area contributed by atoms with Gasteiger partial charge in [0.2, 0.25) is 5.91 Å². The van der Waals surface area contributed by atoms with Gasteiger partial charge in [-0.15, -0.1) is 0 Å². The van der Waals surface area contributed by atoms with Crippen molar-refractivity contribution < 1.29 is 9.90 Å². The van der Waals surface area contributed by atoms with E-state index in [1.165, 1.54) is 0 Å². The van der Waals surface area contributed by atoms with Crippen molar-refractivity contribution in [2.24, 2.45) is 5.73 Å². The number of aliphatic hydroxyl groups is 1. The van der Waals surface area contributed by atoms with Gasteiger partial charge in [0.25, 0.3) is 0 Å². The summed E-state index contributed by atoms with van der Waals surface area (Å²) in [5, 5.41) is 9.52. The summed E-state index contributed by atoms with van der Waals surface area (Å²) in [6.45, 7) is 7.75. The fourth-order valence-corrected chi connectivity index (χ4v) is 1.10. The molecule has 0 aliphatic heterocycles. The minimum absolute atomic E-state index is 0.121. The van der Waals surface area contributed by atoms with Crippen molar-refractivity contribution in [3.63, 3.8) is 0 Å². The number of carbonyl (C=O) groups is 1. The maximum absolute atomic E-state index is 11.4. The minimum atomic E-state index is -0.861. The highest BCUT2D eigenvalue weighted by Crippen LogP contribution is 2.05. The van der Waals surface area contributed by atoms with Gasteiger partial charge in [-0.1, -0.05) is 0 Å². The molecule has 0 aromatic carbocycles. The second-order valence-corrected chi connectivity index (χ2v) is 3.95. The molecule has 4 nitrogen and oxygen atoms in total. The van der Waals surface area contributed by atoms with Crippen LogP contribution in [0.1, 0.15) is 27.7 Å². The normalized spacial score (nSPS) is 14.0. The van der Waals surface area contributed by atoms with Crippen molar-refractivity contribution in [1.82, 2.24) is 4.90 Å². The lowest BCUT2D eigenvalue weighted by Crippen LogP contribution is -2.47. The molecular weight excluding hydrogens is 168 g/mol. The molecule has 1 unspecified atom stereocenters. The Kier molecular flexibility index (Phi) is 4.36. The Labute approximate surface area is 79.7 Å². The van der Waals surface area contributed by atoms with E-state index in [1.807, 2.05) is 6.92 Å². The summed E-state index contributed by atoms with van der Waals surface area (Å²) in [6, 6.07) is -0.498. The fraction of sp³-hybridized carbons (Fsp3) is 0.889. The number of nitrogens with two attached hydrogens (primary N) is 1. The molecule has 78 valence electrons. The van der Waals surface area contributed by atoms with Gasteiger partial charge in [-0.25, -0.2) is 0 Å². The van der Waals surface area contributed by atoms with Crippen LogP contribution >= 0.6 is 0 Å². The number of hydrogen-bond acceptors (Lipinski definition) is 3. The van der Waals surface area contributed by atoms with E-state index in [4.69, 9.17) is 5.73 Å². The minimum Gasteiger partial charge on any atom is -0.389 e. The van der Waals surface area contributed by atoms with E-state index in [2.05, 4.69) is 0 Å². The van der Waals surface area contributed by atoms with Gasteiger partial charge in [0, 0.05) is 13.1 Å². The van der Waals surface area contributed by atoms with E-state index in [9.17, 15) is 9.90 Å². The molecule has 1 atom stereocenters. The van der Waals surface area contributed by atoms with E-state index < -0.39 is 11.6 Å². The summed E-state index contributed by atoms with van der Waals surface area (Å²) < 4.78 is 0. The maximum Gasteiger partial charge on any atom is 0.239 e. The highest BCUT2D eigenvalue weighted by molar-refractivity contribution is 5.81. The first-order valence-electron chi connectivity index (χ1n) is 4.54. The van der Waals surface area contributed by atoms with Crippen LogP contribution in [0.15, 0.2) is 0 Å². The summed E-state index contributed by atoms with van der Waals surface area (Å²) >= 11 is 0. The lowest BCUT2D eigenvalue weighted by atomic mass is 10.1. The number of carbonyl (C=O) groups excluding carboxylic acids is 1. The SMILES string of the molecule is CCN(CC(C)(C)O)C(=O)C(C)N. The molecule has 0 heterocycles. The van der Waals surface area contributed by atoms with E-state index in [-0.39, 0.29) is 5.91 Å². The third-order valence-corrected chi connectivity index (χ3v) is 1.66. The summed E-state index contributed by atoms with van der Waals surface area (Å²) in [7, 11) is 0. The van der Waals surface area contributed by atoms with Gasteiger partial charge < -0.3 is 15.7 Å². The molecule has 0 saturated heterocycles. The van der Waals surface area contributed by atoms with E-state index in [0.717, 1.165) is 0 Å². The maximum atomic E-state index is 11.4. The molecule has 0 radical (unpaired) electrons. The zero-order valence-corrected chi connectivity index (χ0v) is 8.87. The molecule has 0 rings (SSSR count). The van der Waals surface area contributed by atoms with Gasteiger partial charge in [0.15, 0.2) is 0 Å². The van der Waals surface area contributed by atoms with Crippen LogP contribution in [0.2, 0.25) is 0 Å². The predicted molar refractivity (Wildman–Crippen MR) is 52.2 cm³/mol. The lowest BCUT2D eigenvalue weighted by Gasteiger charge is -2.29. The van der Waals surface area contributed by atoms with E-state index >= 15 is 0 Å². The molecule has 1 amide bonds. The number of hydrogen-bond donors (Lipinski definition) is 2. The Bertz CT molecular complexity index is 173. The number of likely N-dealkylation sites (N-methyl/N-ethyl adjacent to an activating group) is 1. The summed E-state index contributed by atoms with van der Waals surface area (Å²) in [5.41, 5.74) is 4.60. The standard InChI is InChI=1S/C9H20N2O2/c1-5-11(6-9(3,4)13)8(12)7(2)10/h7,13H,5-6,10H2,1-4H3. The molecule has 0 bridgehead atoms. The molecule has 13 heavy (non-hydrogen) atoms. The Hall–Kier alpha value is -0.610. The molecule has 0 fully saturated rings. The first kappa shape index (κ1) is 12.4. The summed E-state index contributed by atoms with van der Waals surface area (Å²) in [5.74, 6) is -0.121. The highest BCUT2D eigenvalue weighted by atomic mass is 16.3. The smallest absolute Gasteiger partial charge is 0.239 e. The predicted octanol–water partition coefficient (Wildman–Crippen LogP) is -0.0470. The molecule has 4 heteroatoms. The van der Waals surface area contributed by atoms with Crippen LogP contribution in [-0.2, 0) is 4.79 Å². The molecule has 3 N–H and O–H groups in total. The van der Waals surface area contributed by atoms with Crippen LogP contribution in [-0.4, -0.2) is 40.6 Å². The lowest BCUT2D eigenvalue weighted by molar-refractivity contribution is -0.134. The van der Waals surface area contributed by atoms with E-state index in [1.54, 1.807) is 25.7 Å². The monoisotopic (exact) mass is 188 g/mol. The van der Waals surface area contributed by atoms with Gasteiger partial charge in [-0.2, -0.15) is 0 Å². The first-order chi connectivity index (χ1) is 5.78. The zero-order chi connectivity index (χ0) is 10.6. The van der Waals surface area contributed by atoms with Gasteiger partial charge in [-0.05, 0) is 27.7 Å². The van der Waals surface area contributed by atoms with E-state index in [0.29, 0.717) is 13.1 Å². The Balaban J connectivity index is 4.27. The molecule has 0 aliphatic carbocycles. The Morgan fingerprint density at radius 2 is 2.08 bits per heavy atom. The molecule has 0 aromatic rings. The average Bonchev–Trinajstić information content (AvgIpc) is 1.97. The highest BCUT2D eigenvalue weighted by Gasteiger charge is 2.22. The molecule has 0 aromatic heterocycles. The van der Waals surface area contributed by atoms with Crippen LogP contribution in [0.4, 0.5) is 0 Å². The third kappa shape index (κ3) is 4.85. The van der Waals surface area contributed by atoms with Crippen molar-refractivity contribution in [1.29, 1.82) is 0 Å². The van der Waals surface area contributed by atoms with Crippen LogP contribution in [0, 0.1) is 0 Å². The van der Waals surface area contributed by atoms with Crippen molar-refractivity contribution >= 4 is 5.91 Å². The van der Waals surface area contributed by atoms with Crippen LogP contribution in [0.5, 0.6) is 0 Å². The van der Waals surface area contributed by atoms with Gasteiger partial charge in [0.05, 0.1) is 11.6 Å². The van der Waals surface area contributed by atoms with Crippen LogP contribution in [0.25, 0.3) is 0 Å². The molecule has 0 spiro atoms. The largest absolute Gasteiger partial charge is 0.389 e. The van der Waals surface area contributed by atoms with Crippen molar-refractivity contribution in [3.05, 3.63) is 0 Å². The summed E-state index contributed by atoms with van der Waals surface area (Å²) in [4.78, 5) is 13.0. The third-order valence-electron chi connectivity index (χ3n) is 1.66. The van der Waals surface area contributed by atoms with Gasteiger partial charge in [-0.3, -0.25) is 4.79 Å². The Morgan fingerprint density at radius 1 is 1.62 bits per heavy atom. The number of nitrogens with zero attached hydrogens (tertiary/aromatic N) is 1. The number of amides is 1. The van der Waals surface area contributed by atoms with Crippen LogP contribution in [0.3, 0.4) is 0 Å². The molecule has 0 saturated carbocycles. The van der Waals surface area contributed by atoms with Gasteiger partial charge >= 0.3 is 0 Å². The molecular formula is C9H20N2O2. The quantitative estimate of drug-likeness (QED) is 0.650. The molecule has 0 aliphatic rings. The van der Waals surface area contributed by atoms with Crippen molar-refractivity contribution in [3.8, 4) is 0 Å².